The highest BCUT2D eigenvalue weighted by Crippen LogP contribution is 2.30. The van der Waals surface area contributed by atoms with Crippen molar-refractivity contribution >= 4 is 0 Å². The number of rotatable bonds is 6. The predicted octanol–water partition coefficient (Wildman–Crippen LogP) is 2.90. The molecule has 0 bridgehead atoms. The average Bonchev–Trinajstić information content (AvgIpc) is 3.33. The first-order valence-electron chi connectivity index (χ1n) is 7.44. The van der Waals surface area contributed by atoms with Crippen molar-refractivity contribution in [3.63, 3.8) is 0 Å². The van der Waals surface area contributed by atoms with E-state index in [0.29, 0.717) is 24.5 Å². The molecule has 1 unspecified atom stereocenters. The van der Waals surface area contributed by atoms with E-state index in [4.69, 9.17) is 5.73 Å². The molecule has 0 saturated heterocycles. The van der Waals surface area contributed by atoms with Crippen molar-refractivity contribution in [2.45, 2.75) is 30.8 Å². The van der Waals surface area contributed by atoms with Gasteiger partial charge >= 0.3 is 0 Å². The topological polar surface area (TPSA) is 38.0 Å². The second kappa shape index (κ2) is 6.21. The SMILES string of the molecule is NCC(NC1CC1)C(c1ccccc1)c1ccccc1. The molecule has 0 aromatic heterocycles. The Kier molecular flexibility index (Phi) is 4.14. The fourth-order valence-corrected chi connectivity index (χ4v) is 2.83. The van der Waals surface area contributed by atoms with Crippen LogP contribution >= 0.6 is 0 Å². The largest absolute Gasteiger partial charge is 0.329 e. The maximum absolute atomic E-state index is 6.06. The van der Waals surface area contributed by atoms with E-state index in [2.05, 4.69) is 66.0 Å². The third-order valence-electron chi connectivity index (χ3n) is 4.00. The standard InChI is InChI=1S/C18H22N2/c19-13-17(20-16-11-12-16)18(14-7-3-1-4-8-14)15-9-5-2-6-10-15/h1-10,16-18,20H,11-13,19H2. The van der Waals surface area contributed by atoms with E-state index in [9.17, 15) is 0 Å². The lowest BCUT2D eigenvalue weighted by molar-refractivity contribution is 0.470. The van der Waals surface area contributed by atoms with Crippen molar-refractivity contribution in [3.8, 4) is 0 Å². The van der Waals surface area contributed by atoms with Crippen molar-refractivity contribution in [1.82, 2.24) is 5.32 Å². The number of hydrogen-bond donors (Lipinski definition) is 2. The molecule has 1 atom stereocenters. The fraction of sp³-hybridized carbons (Fsp3) is 0.333. The van der Waals surface area contributed by atoms with E-state index in [-0.39, 0.29) is 0 Å². The second-order valence-electron chi connectivity index (χ2n) is 5.58. The Balaban J connectivity index is 1.93. The van der Waals surface area contributed by atoms with Gasteiger partial charge in [-0.15, -0.1) is 0 Å². The molecule has 0 radical (unpaired) electrons. The first kappa shape index (κ1) is 13.3. The third-order valence-corrected chi connectivity index (χ3v) is 4.00. The van der Waals surface area contributed by atoms with Crippen LogP contribution in [-0.4, -0.2) is 18.6 Å². The van der Waals surface area contributed by atoms with Gasteiger partial charge in [-0.3, -0.25) is 0 Å². The number of nitrogens with one attached hydrogen (secondary N) is 1. The van der Waals surface area contributed by atoms with Crippen molar-refractivity contribution in [1.29, 1.82) is 0 Å². The number of benzene rings is 2. The molecule has 1 aliphatic rings. The Hall–Kier alpha value is -1.64. The van der Waals surface area contributed by atoms with Crippen LogP contribution in [0.15, 0.2) is 60.7 Å². The minimum absolute atomic E-state index is 0.298. The monoisotopic (exact) mass is 266 g/mol. The zero-order valence-electron chi connectivity index (χ0n) is 11.7. The van der Waals surface area contributed by atoms with Crippen LogP contribution in [0, 0.1) is 0 Å². The van der Waals surface area contributed by atoms with Gasteiger partial charge in [0.25, 0.3) is 0 Å². The molecule has 1 aliphatic carbocycles. The van der Waals surface area contributed by atoms with E-state index >= 15 is 0 Å². The molecule has 0 amide bonds. The lowest BCUT2D eigenvalue weighted by Crippen LogP contribution is -2.42. The highest BCUT2D eigenvalue weighted by molar-refractivity contribution is 5.34. The molecule has 3 rings (SSSR count). The van der Waals surface area contributed by atoms with Crippen molar-refractivity contribution in [2.24, 2.45) is 5.73 Å². The molecule has 2 heteroatoms. The van der Waals surface area contributed by atoms with Crippen LogP contribution in [0.25, 0.3) is 0 Å². The van der Waals surface area contributed by atoms with Gasteiger partial charge in [0.1, 0.15) is 0 Å². The van der Waals surface area contributed by atoms with Gasteiger partial charge in [-0.2, -0.15) is 0 Å². The molecule has 2 nitrogen and oxygen atoms in total. The van der Waals surface area contributed by atoms with Gasteiger partial charge < -0.3 is 11.1 Å². The minimum Gasteiger partial charge on any atom is -0.329 e. The molecule has 1 saturated carbocycles. The summed E-state index contributed by atoms with van der Waals surface area (Å²) in [6.45, 7) is 0.658. The first-order valence-corrected chi connectivity index (χ1v) is 7.44. The molecular formula is C18H22N2. The average molecular weight is 266 g/mol. The summed E-state index contributed by atoms with van der Waals surface area (Å²) in [5.74, 6) is 0.322. The van der Waals surface area contributed by atoms with Crippen LogP contribution in [0.5, 0.6) is 0 Å². The second-order valence-corrected chi connectivity index (χ2v) is 5.58. The van der Waals surface area contributed by atoms with Crippen LogP contribution in [0.2, 0.25) is 0 Å². The maximum Gasteiger partial charge on any atom is 0.0302 e. The normalized spacial score (nSPS) is 16.3. The first-order chi connectivity index (χ1) is 9.88. The van der Waals surface area contributed by atoms with Gasteiger partial charge in [0, 0.05) is 24.5 Å². The summed E-state index contributed by atoms with van der Waals surface area (Å²) in [6.07, 6.45) is 2.57. The van der Waals surface area contributed by atoms with Gasteiger partial charge in [0.2, 0.25) is 0 Å². The Bertz CT molecular complexity index is 480. The molecule has 1 fully saturated rings. The van der Waals surface area contributed by atoms with E-state index in [1.165, 1.54) is 24.0 Å². The zero-order chi connectivity index (χ0) is 13.8. The smallest absolute Gasteiger partial charge is 0.0302 e. The Morgan fingerprint density at radius 3 is 1.80 bits per heavy atom. The summed E-state index contributed by atoms with van der Waals surface area (Å²) in [6, 6.07) is 22.3. The molecule has 2 aromatic carbocycles. The van der Waals surface area contributed by atoms with Crippen LogP contribution in [0.1, 0.15) is 29.9 Å². The highest BCUT2D eigenvalue weighted by atomic mass is 15.0. The van der Waals surface area contributed by atoms with Crippen LogP contribution < -0.4 is 11.1 Å². The van der Waals surface area contributed by atoms with E-state index in [1.54, 1.807) is 0 Å². The summed E-state index contributed by atoms with van der Waals surface area (Å²) < 4.78 is 0. The Labute approximate surface area is 121 Å². The summed E-state index contributed by atoms with van der Waals surface area (Å²) in [5.41, 5.74) is 8.73. The van der Waals surface area contributed by atoms with Crippen LogP contribution in [0.3, 0.4) is 0 Å². The van der Waals surface area contributed by atoms with Gasteiger partial charge in [0.05, 0.1) is 0 Å². The van der Waals surface area contributed by atoms with E-state index in [1.807, 2.05) is 0 Å². The molecule has 0 aliphatic heterocycles. The highest BCUT2D eigenvalue weighted by Gasteiger charge is 2.30. The Morgan fingerprint density at radius 1 is 0.900 bits per heavy atom. The molecule has 3 N–H and O–H groups in total. The lowest BCUT2D eigenvalue weighted by Gasteiger charge is -2.28. The third kappa shape index (κ3) is 3.09. The molecular weight excluding hydrogens is 244 g/mol. The van der Waals surface area contributed by atoms with Crippen molar-refractivity contribution < 1.29 is 0 Å². The van der Waals surface area contributed by atoms with E-state index in [0.717, 1.165) is 0 Å². The molecule has 104 valence electrons. The molecule has 0 spiro atoms. The zero-order valence-corrected chi connectivity index (χ0v) is 11.7. The maximum atomic E-state index is 6.06. The molecule has 0 heterocycles. The van der Waals surface area contributed by atoms with Gasteiger partial charge in [0.15, 0.2) is 0 Å². The van der Waals surface area contributed by atoms with Gasteiger partial charge in [-0.25, -0.2) is 0 Å². The van der Waals surface area contributed by atoms with E-state index < -0.39 is 0 Å². The van der Waals surface area contributed by atoms with Gasteiger partial charge in [-0.05, 0) is 24.0 Å². The van der Waals surface area contributed by atoms with Gasteiger partial charge in [-0.1, -0.05) is 60.7 Å². The summed E-state index contributed by atoms with van der Waals surface area (Å²) in [5, 5.41) is 3.71. The predicted molar refractivity (Wildman–Crippen MR) is 83.7 cm³/mol. The fourth-order valence-electron chi connectivity index (χ4n) is 2.83. The van der Waals surface area contributed by atoms with Crippen molar-refractivity contribution in [3.05, 3.63) is 71.8 Å². The summed E-state index contributed by atoms with van der Waals surface area (Å²) in [7, 11) is 0. The lowest BCUT2D eigenvalue weighted by atomic mass is 9.85. The summed E-state index contributed by atoms with van der Waals surface area (Å²) in [4.78, 5) is 0. The minimum atomic E-state index is 0.298. The van der Waals surface area contributed by atoms with Crippen LogP contribution in [0.4, 0.5) is 0 Å². The van der Waals surface area contributed by atoms with Crippen LogP contribution in [-0.2, 0) is 0 Å². The number of nitrogens with two attached hydrogens (primary N) is 1. The molecule has 20 heavy (non-hydrogen) atoms. The quantitative estimate of drug-likeness (QED) is 0.843. The van der Waals surface area contributed by atoms with Crippen molar-refractivity contribution in [2.75, 3.05) is 6.54 Å². The molecule has 2 aromatic rings. The number of hydrogen-bond acceptors (Lipinski definition) is 2. The Morgan fingerprint density at radius 2 is 1.40 bits per heavy atom. The summed E-state index contributed by atoms with van der Waals surface area (Å²) >= 11 is 0.